The van der Waals surface area contributed by atoms with Crippen LogP contribution in [0.1, 0.15) is 43.2 Å². The van der Waals surface area contributed by atoms with Crippen molar-refractivity contribution in [1.29, 1.82) is 0 Å². The number of nitrogens with zero attached hydrogens (tertiary/aromatic N) is 2. The first-order valence-corrected chi connectivity index (χ1v) is 10.2. The summed E-state index contributed by atoms with van der Waals surface area (Å²) in [6.07, 6.45) is 5.60. The van der Waals surface area contributed by atoms with Crippen LogP contribution in [0.5, 0.6) is 0 Å². The fraction of sp³-hybridized carbons (Fsp3) is 0.619. The van der Waals surface area contributed by atoms with E-state index in [-0.39, 0.29) is 24.5 Å². The van der Waals surface area contributed by atoms with Crippen LogP contribution < -0.4 is 10.6 Å². The lowest BCUT2D eigenvalue weighted by Crippen LogP contribution is -2.51. The van der Waals surface area contributed by atoms with E-state index in [4.69, 9.17) is 0 Å². The van der Waals surface area contributed by atoms with Gasteiger partial charge in [0.05, 0.1) is 6.54 Å². The highest BCUT2D eigenvalue weighted by atomic mass is 16.2. The van der Waals surface area contributed by atoms with Gasteiger partial charge in [-0.15, -0.1) is 0 Å². The second kappa shape index (κ2) is 9.85. The Balaban J connectivity index is 1.34. The summed E-state index contributed by atoms with van der Waals surface area (Å²) in [4.78, 5) is 28.7. The van der Waals surface area contributed by atoms with Gasteiger partial charge in [-0.1, -0.05) is 49.1 Å². The Bertz CT molecular complexity index is 635. The van der Waals surface area contributed by atoms with Gasteiger partial charge in [-0.2, -0.15) is 0 Å². The average molecular weight is 373 g/mol. The van der Waals surface area contributed by atoms with Gasteiger partial charge in [-0.05, 0) is 25.3 Å². The van der Waals surface area contributed by atoms with E-state index in [9.17, 15) is 9.59 Å². The molecule has 2 N–H and O–H groups in total. The van der Waals surface area contributed by atoms with E-state index in [0.717, 1.165) is 58.4 Å². The zero-order chi connectivity index (χ0) is 19.1. The lowest BCUT2D eigenvalue weighted by atomic mass is 9.96. The molecule has 148 valence electrons. The summed E-state index contributed by atoms with van der Waals surface area (Å²) in [7, 11) is 0. The topological polar surface area (TPSA) is 64.7 Å². The predicted octanol–water partition coefficient (Wildman–Crippen LogP) is 2.27. The molecule has 1 aromatic rings. The SMILES string of the molecule is Cc1cccc(CN2CCN(CC(=O)NC(=O)NC3CCCCC3)CC2)c1. The normalized spacial score (nSPS) is 19.6. The van der Waals surface area contributed by atoms with Crippen LogP contribution in [0.4, 0.5) is 4.79 Å². The smallest absolute Gasteiger partial charge is 0.321 e. The number of aryl methyl sites for hydroxylation is 1. The number of benzene rings is 1. The lowest BCUT2D eigenvalue weighted by Gasteiger charge is -2.34. The Morgan fingerprint density at radius 2 is 1.74 bits per heavy atom. The van der Waals surface area contributed by atoms with Crippen molar-refractivity contribution in [2.24, 2.45) is 0 Å². The Morgan fingerprint density at radius 1 is 1.04 bits per heavy atom. The maximum Gasteiger partial charge on any atom is 0.321 e. The minimum absolute atomic E-state index is 0.213. The minimum atomic E-state index is -0.343. The third-order valence-electron chi connectivity index (χ3n) is 5.51. The highest BCUT2D eigenvalue weighted by Crippen LogP contribution is 2.17. The molecule has 1 aliphatic carbocycles. The maximum atomic E-state index is 12.1. The Hall–Kier alpha value is -1.92. The van der Waals surface area contributed by atoms with Crippen molar-refractivity contribution in [3.05, 3.63) is 35.4 Å². The molecule has 6 heteroatoms. The molecule has 2 aliphatic rings. The molecule has 27 heavy (non-hydrogen) atoms. The van der Waals surface area contributed by atoms with Gasteiger partial charge in [0, 0.05) is 38.8 Å². The fourth-order valence-electron chi connectivity index (χ4n) is 4.01. The molecule has 0 radical (unpaired) electrons. The van der Waals surface area contributed by atoms with Crippen LogP contribution in [0, 0.1) is 6.92 Å². The van der Waals surface area contributed by atoms with Crippen LogP contribution >= 0.6 is 0 Å². The van der Waals surface area contributed by atoms with Gasteiger partial charge in [-0.25, -0.2) is 4.79 Å². The first-order valence-electron chi connectivity index (χ1n) is 10.2. The summed E-state index contributed by atoms with van der Waals surface area (Å²) in [5.41, 5.74) is 2.62. The number of imide groups is 1. The summed E-state index contributed by atoms with van der Waals surface area (Å²) in [6, 6.07) is 8.48. The minimum Gasteiger partial charge on any atom is -0.335 e. The van der Waals surface area contributed by atoms with Gasteiger partial charge in [-0.3, -0.25) is 19.9 Å². The standard InChI is InChI=1S/C21H32N4O2/c1-17-6-5-7-18(14-17)15-24-10-12-25(13-11-24)16-20(26)23-21(27)22-19-8-3-2-4-9-19/h5-7,14,19H,2-4,8-13,15-16H2,1H3,(H2,22,23,26,27). The largest absolute Gasteiger partial charge is 0.335 e. The molecule has 0 unspecified atom stereocenters. The van der Waals surface area contributed by atoms with Crippen LogP contribution in [0.2, 0.25) is 0 Å². The molecule has 0 bridgehead atoms. The zero-order valence-electron chi connectivity index (χ0n) is 16.4. The third-order valence-corrected chi connectivity index (χ3v) is 5.51. The number of piperazine rings is 1. The zero-order valence-corrected chi connectivity index (χ0v) is 16.4. The van der Waals surface area contributed by atoms with Crippen LogP contribution in [0.25, 0.3) is 0 Å². The van der Waals surface area contributed by atoms with Crippen LogP contribution in [-0.2, 0) is 11.3 Å². The van der Waals surface area contributed by atoms with E-state index in [1.54, 1.807) is 0 Å². The Kier molecular flexibility index (Phi) is 7.24. The van der Waals surface area contributed by atoms with E-state index < -0.39 is 0 Å². The van der Waals surface area contributed by atoms with Crippen molar-refractivity contribution < 1.29 is 9.59 Å². The number of nitrogens with one attached hydrogen (secondary N) is 2. The summed E-state index contributed by atoms with van der Waals surface area (Å²) < 4.78 is 0. The number of amides is 3. The molecule has 1 heterocycles. The molecule has 1 aliphatic heterocycles. The molecule has 0 atom stereocenters. The highest BCUT2D eigenvalue weighted by molar-refractivity contribution is 5.95. The monoisotopic (exact) mass is 372 g/mol. The van der Waals surface area contributed by atoms with Gasteiger partial charge >= 0.3 is 6.03 Å². The van der Waals surface area contributed by atoms with Crippen molar-refractivity contribution in [1.82, 2.24) is 20.4 Å². The predicted molar refractivity (Wildman–Crippen MR) is 106 cm³/mol. The Labute approximate surface area is 162 Å². The average Bonchev–Trinajstić information content (AvgIpc) is 2.64. The summed E-state index contributed by atoms with van der Waals surface area (Å²) in [5, 5.41) is 5.42. The molecule has 3 rings (SSSR count). The molecular weight excluding hydrogens is 340 g/mol. The number of rotatable bonds is 5. The van der Waals surface area contributed by atoms with E-state index >= 15 is 0 Å². The second-order valence-electron chi connectivity index (χ2n) is 7.90. The van der Waals surface area contributed by atoms with Crippen molar-refractivity contribution >= 4 is 11.9 Å². The summed E-state index contributed by atoms with van der Waals surface area (Å²) in [6.45, 7) is 6.93. The summed E-state index contributed by atoms with van der Waals surface area (Å²) >= 11 is 0. The van der Waals surface area contributed by atoms with E-state index in [0.29, 0.717) is 0 Å². The third kappa shape index (κ3) is 6.63. The molecule has 6 nitrogen and oxygen atoms in total. The number of urea groups is 1. The lowest BCUT2D eigenvalue weighted by molar-refractivity contribution is -0.121. The molecular formula is C21H32N4O2. The van der Waals surface area contributed by atoms with Crippen molar-refractivity contribution in [3.8, 4) is 0 Å². The van der Waals surface area contributed by atoms with Gasteiger partial charge in [0.15, 0.2) is 0 Å². The van der Waals surface area contributed by atoms with Gasteiger partial charge < -0.3 is 5.32 Å². The van der Waals surface area contributed by atoms with Crippen LogP contribution in [-0.4, -0.2) is 60.5 Å². The van der Waals surface area contributed by atoms with E-state index in [1.165, 1.54) is 17.5 Å². The molecule has 1 saturated heterocycles. The van der Waals surface area contributed by atoms with E-state index in [1.807, 2.05) is 0 Å². The number of carbonyl (C=O) groups is 2. The van der Waals surface area contributed by atoms with Gasteiger partial charge in [0.2, 0.25) is 5.91 Å². The molecule has 1 saturated carbocycles. The fourth-order valence-corrected chi connectivity index (χ4v) is 4.01. The van der Waals surface area contributed by atoms with Crippen LogP contribution in [0.15, 0.2) is 24.3 Å². The molecule has 2 fully saturated rings. The number of carbonyl (C=O) groups excluding carboxylic acids is 2. The van der Waals surface area contributed by atoms with E-state index in [2.05, 4.69) is 51.6 Å². The van der Waals surface area contributed by atoms with Crippen molar-refractivity contribution in [3.63, 3.8) is 0 Å². The maximum absolute atomic E-state index is 12.1. The molecule has 0 spiro atoms. The van der Waals surface area contributed by atoms with Gasteiger partial charge in [0.25, 0.3) is 0 Å². The van der Waals surface area contributed by atoms with Crippen molar-refractivity contribution in [2.75, 3.05) is 32.7 Å². The molecule has 1 aromatic carbocycles. The highest BCUT2D eigenvalue weighted by Gasteiger charge is 2.21. The number of hydrogen-bond donors (Lipinski definition) is 2. The quantitative estimate of drug-likeness (QED) is 0.832. The van der Waals surface area contributed by atoms with Crippen molar-refractivity contribution in [2.45, 2.75) is 51.6 Å². The first kappa shape index (κ1) is 19.8. The Morgan fingerprint density at radius 3 is 2.44 bits per heavy atom. The summed E-state index contributed by atoms with van der Waals surface area (Å²) in [5.74, 6) is -0.213. The number of hydrogen-bond acceptors (Lipinski definition) is 4. The molecule has 0 aromatic heterocycles. The first-order chi connectivity index (χ1) is 13.1. The van der Waals surface area contributed by atoms with Gasteiger partial charge in [0.1, 0.15) is 0 Å². The molecule has 3 amide bonds. The van der Waals surface area contributed by atoms with Crippen LogP contribution in [0.3, 0.4) is 0 Å². The second-order valence-corrected chi connectivity index (χ2v) is 7.90.